The summed E-state index contributed by atoms with van der Waals surface area (Å²) in [7, 11) is 0. The molecular formula is C9H16N4. The SMILES string of the molecule is C=CCCCNCCn1ccnn1. The molecule has 0 atom stereocenters. The zero-order valence-electron chi connectivity index (χ0n) is 7.82. The number of nitrogens with one attached hydrogen (secondary N) is 1. The monoisotopic (exact) mass is 180 g/mol. The van der Waals surface area contributed by atoms with E-state index in [9.17, 15) is 0 Å². The lowest BCUT2D eigenvalue weighted by molar-refractivity contribution is 0.535. The lowest BCUT2D eigenvalue weighted by atomic mass is 10.3. The fourth-order valence-electron chi connectivity index (χ4n) is 1.04. The molecule has 0 fully saturated rings. The van der Waals surface area contributed by atoms with Crippen LogP contribution in [-0.2, 0) is 6.54 Å². The molecule has 0 saturated heterocycles. The van der Waals surface area contributed by atoms with Crippen LogP contribution in [0.25, 0.3) is 0 Å². The first kappa shape index (κ1) is 9.92. The van der Waals surface area contributed by atoms with Crippen LogP contribution in [0.5, 0.6) is 0 Å². The van der Waals surface area contributed by atoms with Gasteiger partial charge in [0.15, 0.2) is 0 Å². The van der Waals surface area contributed by atoms with Gasteiger partial charge in [-0.3, -0.25) is 4.68 Å². The minimum Gasteiger partial charge on any atom is -0.315 e. The summed E-state index contributed by atoms with van der Waals surface area (Å²) in [5.41, 5.74) is 0. The molecule has 0 aliphatic carbocycles. The second-order valence-electron chi connectivity index (χ2n) is 2.85. The maximum Gasteiger partial charge on any atom is 0.0692 e. The summed E-state index contributed by atoms with van der Waals surface area (Å²) in [6.45, 7) is 6.54. The molecule has 0 spiro atoms. The van der Waals surface area contributed by atoms with Gasteiger partial charge >= 0.3 is 0 Å². The van der Waals surface area contributed by atoms with E-state index in [0.717, 1.165) is 32.5 Å². The van der Waals surface area contributed by atoms with Gasteiger partial charge in [-0.05, 0) is 19.4 Å². The Kier molecular flexibility index (Phi) is 4.86. The van der Waals surface area contributed by atoms with Crippen LogP contribution in [0.1, 0.15) is 12.8 Å². The van der Waals surface area contributed by atoms with E-state index in [1.165, 1.54) is 0 Å². The second-order valence-corrected chi connectivity index (χ2v) is 2.85. The molecule has 72 valence electrons. The lowest BCUT2D eigenvalue weighted by Crippen LogP contribution is -2.21. The number of allylic oxidation sites excluding steroid dienone is 1. The van der Waals surface area contributed by atoms with Crippen molar-refractivity contribution in [2.75, 3.05) is 13.1 Å². The van der Waals surface area contributed by atoms with Crippen molar-refractivity contribution < 1.29 is 0 Å². The van der Waals surface area contributed by atoms with Gasteiger partial charge in [0.1, 0.15) is 0 Å². The van der Waals surface area contributed by atoms with E-state index in [2.05, 4.69) is 22.2 Å². The molecule has 1 aromatic rings. The van der Waals surface area contributed by atoms with Crippen molar-refractivity contribution in [3.8, 4) is 0 Å². The Balaban J connectivity index is 1.93. The van der Waals surface area contributed by atoms with Gasteiger partial charge in [-0.1, -0.05) is 11.3 Å². The van der Waals surface area contributed by atoms with Crippen LogP contribution >= 0.6 is 0 Å². The molecule has 0 bridgehead atoms. The van der Waals surface area contributed by atoms with Crippen molar-refractivity contribution >= 4 is 0 Å². The first-order valence-electron chi connectivity index (χ1n) is 4.59. The highest BCUT2D eigenvalue weighted by atomic mass is 15.4. The number of hydrogen-bond acceptors (Lipinski definition) is 3. The summed E-state index contributed by atoms with van der Waals surface area (Å²) in [6.07, 6.45) is 7.74. The molecule has 4 heteroatoms. The van der Waals surface area contributed by atoms with E-state index in [1.807, 2.05) is 17.0 Å². The first-order valence-corrected chi connectivity index (χ1v) is 4.59. The molecule has 0 aliphatic heterocycles. The molecule has 0 amide bonds. The first-order chi connectivity index (χ1) is 6.43. The highest BCUT2D eigenvalue weighted by Crippen LogP contribution is 1.86. The zero-order chi connectivity index (χ0) is 9.36. The largest absolute Gasteiger partial charge is 0.315 e. The zero-order valence-corrected chi connectivity index (χ0v) is 7.82. The minimum absolute atomic E-state index is 0.883. The van der Waals surface area contributed by atoms with Crippen LogP contribution in [-0.4, -0.2) is 28.1 Å². The van der Waals surface area contributed by atoms with E-state index in [4.69, 9.17) is 0 Å². The third kappa shape index (κ3) is 4.42. The van der Waals surface area contributed by atoms with Crippen molar-refractivity contribution in [2.24, 2.45) is 0 Å². The van der Waals surface area contributed by atoms with Crippen LogP contribution in [0.2, 0.25) is 0 Å². The molecule has 0 radical (unpaired) electrons. The Morgan fingerprint density at radius 2 is 2.38 bits per heavy atom. The number of hydrogen-bond donors (Lipinski definition) is 1. The molecule has 1 heterocycles. The van der Waals surface area contributed by atoms with E-state index >= 15 is 0 Å². The van der Waals surface area contributed by atoms with Gasteiger partial charge in [-0.25, -0.2) is 0 Å². The number of rotatable bonds is 7. The average molecular weight is 180 g/mol. The Hall–Kier alpha value is -1.16. The van der Waals surface area contributed by atoms with Crippen molar-refractivity contribution in [3.05, 3.63) is 25.0 Å². The van der Waals surface area contributed by atoms with Crippen molar-refractivity contribution in [1.29, 1.82) is 0 Å². The van der Waals surface area contributed by atoms with E-state index < -0.39 is 0 Å². The van der Waals surface area contributed by atoms with Crippen molar-refractivity contribution in [2.45, 2.75) is 19.4 Å². The highest BCUT2D eigenvalue weighted by Gasteiger charge is 1.90. The molecule has 1 rings (SSSR count). The van der Waals surface area contributed by atoms with Crippen LogP contribution in [0.15, 0.2) is 25.0 Å². The summed E-state index contributed by atoms with van der Waals surface area (Å²) in [4.78, 5) is 0. The Morgan fingerprint density at radius 1 is 1.46 bits per heavy atom. The average Bonchev–Trinajstić information content (AvgIpc) is 2.63. The smallest absolute Gasteiger partial charge is 0.0692 e. The molecule has 4 nitrogen and oxygen atoms in total. The fraction of sp³-hybridized carbons (Fsp3) is 0.556. The van der Waals surface area contributed by atoms with Crippen molar-refractivity contribution in [3.63, 3.8) is 0 Å². The molecule has 1 aromatic heterocycles. The Labute approximate surface area is 78.6 Å². The molecule has 0 unspecified atom stereocenters. The van der Waals surface area contributed by atoms with E-state index in [0.29, 0.717) is 0 Å². The third-order valence-corrected chi connectivity index (χ3v) is 1.75. The van der Waals surface area contributed by atoms with Crippen LogP contribution in [0, 0.1) is 0 Å². The number of aromatic nitrogens is 3. The van der Waals surface area contributed by atoms with Crippen LogP contribution in [0.4, 0.5) is 0 Å². The molecule has 1 N–H and O–H groups in total. The highest BCUT2D eigenvalue weighted by molar-refractivity contribution is 4.67. The topological polar surface area (TPSA) is 42.7 Å². The van der Waals surface area contributed by atoms with E-state index in [1.54, 1.807) is 6.20 Å². The lowest BCUT2D eigenvalue weighted by Gasteiger charge is -2.02. The van der Waals surface area contributed by atoms with Gasteiger partial charge in [0.2, 0.25) is 0 Å². The second kappa shape index (κ2) is 6.37. The quantitative estimate of drug-likeness (QED) is 0.499. The minimum atomic E-state index is 0.883. The molecule has 13 heavy (non-hydrogen) atoms. The Bertz CT molecular complexity index is 218. The maximum absolute atomic E-state index is 3.86. The predicted octanol–water partition coefficient (Wildman–Crippen LogP) is 0.834. The normalized spacial score (nSPS) is 10.2. The molecular weight excluding hydrogens is 164 g/mol. The molecule has 0 aliphatic rings. The maximum atomic E-state index is 3.86. The molecule has 0 aromatic carbocycles. The van der Waals surface area contributed by atoms with Gasteiger partial charge in [0, 0.05) is 12.7 Å². The van der Waals surface area contributed by atoms with Gasteiger partial charge in [0.05, 0.1) is 12.7 Å². The summed E-state index contributed by atoms with van der Waals surface area (Å²) >= 11 is 0. The summed E-state index contributed by atoms with van der Waals surface area (Å²) < 4.78 is 1.82. The van der Waals surface area contributed by atoms with Gasteiger partial charge < -0.3 is 5.32 Å². The molecule has 0 saturated carbocycles. The van der Waals surface area contributed by atoms with Crippen LogP contribution in [0.3, 0.4) is 0 Å². The fourth-order valence-corrected chi connectivity index (χ4v) is 1.04. The number of nitrogens with zero attached hydrogens (tertiary/aromatic N) is 3. The van der Waals surface area contributed by atoms with Gasteiger partial charge in [-0.15, -0.1) is 11.7 Å². The summed E-state index contributed by atoms with van der Waals surface area (Å²) in [5, 5.41) is 10.9. The van der Waals surface area contributed by atoms with Crippen molar-refractivity contribution in [1.82, 2.24) is 20.3 Å². The predicted molar refractivity (Wildman–Crippen MR) is 52.3 cm³/mol. The van der Waals surface area contributed by atoms with Gasteiger partial charge in [-0.2, -0.15) is 0 Å². The van der Waals surface area contributed by atoms with Gasteiger partial charge in [0.25, 0.3) is 0 Å². The third-order valence-electron chi connectivity index (χ3n) is 1.75. The van der Waals surface area contributed by atoms with Crippen LogP contribution < -0.4 is 5.32 Å². The summed E-state index contributed by atoms with van der Waals surface area (Å²) in [5.74, 6) is 0. The summed E-state index contributed by atoms with van der Waals surface area (Å²) in [6, 6.07) is 0. The van der Waals surface area contributed by atoms with E-state index in [-0.39, 0.29) is 0 Å². The standard InChI is InChI=1S/C9H16N4/c1-2-3-4-5-10-6-8-13-9-7-11-12-13/h2,7,9-10H,1,3-6,8H2. The Morgan fingerprint density at radius 3 is 3.08 bits per heavy atom. The number of unbranched alkanes of at least 4 members (excludes halogenated alkanes) is 1.